The SMILES string of the molecule is Cc1cc(C)c(C(=O)N2C[C@@H](O)C[C@H]2c2cc(F)ccc2F)[nH]1. The molecule has 1 amide bonds. The lowest BCUT2D eigenvalue weighted by molar-refractivity contribution is 0.0707. The average molecular weight is 320 g/mol. The van der Waals surface area contributed by atoms with E-state index in [1.165, 1.54) is 4.90 Å². The first-order chi connectivity index (χ1) is 10.9. The number of β-amino-alcohol motifs (C(OH)–C–C–N with tert-alkyl or cyclic N) is 1. The third-order valence-electron chi connectivity index (χ3n) is 4.22. The normalized spacial score (nSPS) is 21.0. The van der Waals surface area contributed by atoms with Crippen LogP contribution in [-0.4, -0.2) is 33.5 Å². The first-order valence-corrected chi connectivity index (χ1v) is 7.47. The molecule has 1 aromatic carbocycles. The molecule has 0 spiro atoms. The molecule has 0 radical (unpaired) electrons. The van der Waals surface area contributed by atoms with E-state index in [1.54, 1.807) is 6.92 Å². The van der Waals surface area contributed by atoms with Crippen molar-refractivity contribution in [2.75, 3.05) is 6.54 Å². The van der Waals surface area contributed by atoms with E-state index in [0.29, 0.717) is 5.69 Å². The lowest BCUT2D eigenvalue weighted by Crippen LogP contribution is -2.32. The summed E-state index contributed by atoms with van der Waals surface area (Å²) < 4.78 is 27.6. The molecule has 1 aliphatic rings. The van der Waals surface area contributed by atoms with Crippen molar-refractivity contribution in [3.05, 3.63) is 58.4 Å². The van der Waals surface area contributed by atoms with Crippen LogP contribution in [0.25, 0.3) is 0 Å². The Bertz CT molecular complexity index is 757. The molecule has 1 aromatic heterocycles. The van der Waals surface area contributed by atoms with Gasteiger partial charge in [0.2, 0.25) is 0 Å². The minimum absolute atomic E-state index is 0.0934. The molecule has 1 aliphatic heterocycles. The van der Waals surface area contributed by atoms with Crippen molar-refractivity contribution in [3.63, 3.8) is 0 Å². The molecule has 122 valence electrons. The molecule has 3 rings (SSSR count). The number of amides is 1. The molecule has 0 unspecified atom stereocenters. The van der Waals surface area contributed by atoms with Gasteiger partial charge in [-0.15, -0.1) is 0 Å². The number of nitrogens with one attached hydrogen (secondary N) is 1. The van der Waals surface area contributed by atoms with Crippen LogP contribution < -0.4 is 0 Å². The van der Waals surface area contributed by atoms with Crippen molar-refractivity contribution in [1.29, 1.82) is 0 Å². The molecule has 23 heavy (non-hydrogen) atoms. The molecule has 0 aliphatic carbocycles. The van der Waals surface area contributed by atoms with E-state index in [9.17, 15) is 18.7 Å². The summed E-state index contributed by atoms with van der Waals surface area (Å²) >= 11 is 0. The number of aliphatic hydroxyl groups excluding tert-OH is 1. The zero-order valence-corrected chi connectivity index (χ0v) is 12.9. The minimum atomic E-state index is -0.761. The molecule has 0 bridgehead atoms. The highest BCUT2D eigenvalue weighted by molar-refractivity contribution is 5.94. The van der Waals surface area contributed by atoms with Gasteiger partial charge in [-0.25, -0.2) is 8.78 Å². The zero-order valence-electron chi connectivity index (χ0n) is 12.9. The molecule has 1 fully saturated rings. The zero-order chi connectivity index (χ0) is 16.7. The Morgan fingerprint density at radius 1 is 1.30 bits per heavy atom. The standard InChI is InChI=1S/C17H18F2N2O2/c1-9-5-10(2)20-16(9)17(23)21-8-12(22)7-15(21)13-6-11(18)3-4-14(13)19/h3-6,12,15,20,22H,7-8H2,1-2H3/t12-,15-/m0/s1. The fourth-order valence-electron chi connectivity index (χ4n) is 3.20. The number of hydrogen-bond donors (Lipinski definition) is 2. The Balaban J connectivity index is 1.98. The van der Waals surface area contributed by atoms with Gasteiger partial charge in [0.25, 0.3) is 5.91 Å². The number of hydrogen-bond acceptors (Lipinski definition) is 2. The predicted octanol–water partition coefficient (Wildman–Crippen LogP) is 2.86. The first kappa shape index (κ1) is 15.7. The van der Waals surface area contributed by atoms with E-state index in [4.69, 9.17) is 0 Å². The third-order valence-corrected chi connectivity index (χ3v) is 4.22. The smallest absolute Gasteiger partial charge is 0.271 e. The highest BCUT2D eigenvalue weighted by atomic mass is 19.1. The molecule has 2 N–H and O–H groups in total. The fourth-order valence-corrected chi connectivity index (χ4v) is 3.20. The van der Waals surface area contributed by atoms with Gasteiger partial charge in [0.15, 0.2) is 0 Å². The van der Waals surface area contributed by atoms with Crippen LogP contribution >= 0.6 is 0 Å². The van der Waals surface area contributed by atoms with Crippen LogP contribution in [0.2, 0.25) is 0 Å². The lowest BCUT2D eigenvalue weighted by atomic mass is 10.0. The van der Waals surface area contributed by atoms with E-state index in [2.05, 4.69) is 4.98 Å². The van der Waals surface area contributed by atoms with Crippen molar-refractivity contribution < 1.29 is 18.7 Å². The summed E-state index contributed by atoms with van der Waals surface area (Å²) in [4.78, 5) is 17.2. The molecular formula is C17H18F2N2O2. The number of aromatic amines is 1. The number of aromatic nitrogens is 1. The Hall–Kier alpha value is -2.21. The largest absolute Gasteiger partial charge is 0.391 e. The molecule has 2 aromatic rings. The van der Waals surface area contributed by atoms with Gasteiger partial charge >= 0.3 is 0 Å². The van der Waals surface area contributed by atoms with Crippen LogP contribution in [0.1, 0.15) is 39.8 Å². The molecule has 6 heteroatoms. The van der Waals surface area contributed by atoms with Gasteiger partial charge < -0.3 is 15.0 Å². The summed E-state index contributed by atoms with van der Waals surface area (Å²) in [5, 5.41) is 9.94. The maximum Gasteiger partial charge on any atom is 0.271 e. The quantitative estimate of drug-likeness (QED) is 0.894. The van der Waals surface area contributed by atoms with Crippen LogP contribution in [0.5, 0.6) is 0 Å². The monoisotopic (exact) mass is 320 g/mol. The minimum Gasteiger partial charge on any atom is -0.391 e. The van der Waals surface area contributed by atoms with Crippen molar-refractivity contribution in [2.24, 2.45) is 0 Å². The molecule has 2 heterocycles. The summed E-state index contributed by atoms with van der Waals surface area (Å²) in [6, 6.07) is 4.33. The van der Waals surface area contributed by atoms with Crippen molar-refractivity contribution in [2.45, 2.75) is 32.4 Å². The van der Waals surface area contributed by atoms with Gasteiger partial charge in [-0.1, -0.05) is 0 Å². The Kier molecular flexibility index (Phi) is 3.93. The van der Waals surface area contributed by atoms with Crippen LogP contribution in [0.15, 0.2) is 24.3 Å². The van der Waals surface area contributed by atoms with Gasteiger partial charge in [0, 0.05) is 17.8 Å². The van der Waals surface area contributed by atoms with E-state index in [0.717, 1.165) is 29.5 Å². The number of likely N-dealkylation sites (tertiary alicyclic amines) is 1. The number of nitrogens with zero attached hydrogens (tertiary/aromatic N) is 1. The van der Waals surface area contributed by atoms with Gasteiger partial charge in [-0.2, -0.15) is 0 Å². The second-order valence-corrected chi connectivity index (χ2v) is 6.04. The van der Waals surface area contributed by atoms with E-state index >= 15 is 0 Å². The van der Waals surface area contributed by atoms with Gasteiger partial charge in [0.1, 0.15) is 17.3 Å². The molecule has 1 saturated heterocycles. The maximum absolute atomic E-state index is 14.1. The lowest BCUT2D eigenvalue weighted by Gasteiger charge is -2.25. The summed E-state index contributed by atoms with van der Waals surface area (Å²) in [5.41, 5.74) is 2.14. The Morgan fingerprint density at radius 2 is 2.04 bits per heavy atom. The van der Waals surface area contributed by atoms with Crippen molar-refractivity contribution in [1.82, 2.24) is 9.88 Å². The number of carbonyl (C=O) groups excluding carboxylic acids is 1. The predicted molar refractivity (Wildman–Crippen MR) is 81.0 cm³/mol. The van der Waals surface area contributed by atoms with Gasteiger partial charge in [-0.3, -0.25) is 4.79 Å². The van der Waals surface area contributed by atoms with Crippen LogP contribution in [-0.2, 0) is 0 Å². The van der Waals surface area contributed by atoms with Crippen molar-refractivity contribution >= 4 is 5.91 Å². The van der Waals surface area contributed by atoms with Gasteiger partial charge in [0.05, 0.1) is 12.1 Å². The average Bonchev–Trinajstić information content (AvgIpc) is 3.03. The molecular weight excluding hydrogens is 302 g/mol. The molecule has 4 nitrogen and oxygen atoms in total. The number of halogens is 2. The summed E-state index contributed by atoms with van der Waals surface area (Å²) in [7, 11) is 0. The Labute approximate surface area is 132 Å². The topological polar surface area (TPSA) is 56.3 Å². The van der Waals surface area contributed by atoms with Gasteiger partial charge in [-0.05, 0) is 50.1 Å². The molecule has 2 atom stereocenters. The van der Waals surface area contributed by atoms with Crippen molar-refractivity contribution in [3.8, 4) is 0 Å². The maximum atomic E-state index is 14.1. The van der Waals surface area contributed by atoms with E-state index < -0.39 is 23.8 Å². The summed E-state index contributed by atoms with van der Waals surface area (Å²) in [5.74, 6) is -1.47. The molecule has 0 saturated carbocycles. The number of H-pyrrole nitrogens is 1. The number of aliphatic hydroxyl groups is 1. The second kappa shape index (κ2) is 5.77. The number of rotatable bonds is 2. The second-order valence-electron chi connectivity index (χ2n) is 6.04. The first-order valence-electron chi connectivity index (χ1n) is 7.47. The van der Waals surface area contributed by atoms with Crippen LogP contribution in [0.4, 0.5) is 8.78 Å². The van der Waals surface area contributed by atoms with Crippen LogP contribution in [0, 0.1) is 25.5 Å². The third kappa shape index (κ3) is 2.86. The number of carbonyl (C=O) groups is 1. The fraction of sp³-hybridized carbons (Fsp3) is 0.353. The Morgan fingerprint density at radius 3 is 2.70 bits per heavy atom. The summed E-state index contributed by atoms with van der Waals surface area (Å²) in [6.45, 7) is 3.74. The van der Waals surface area contributed by atoms with Crippen LogP contribution in [0.3, 0.4) is 0 Å². The number of benzene rings is 1. The van der Waals surface area contributed by atoms with E-state index in [-0.39, 0.29) is 24.4 Å². The highest BCUT2D eigenvalue weighted by Crippen LogP contribution is 2.35. The number of aryl methyl sites for hydroxylation is 2. The highest BCUT2D eigenvalue weighted by Gasteiger charge is 2.38. The summed E-state index contributed by atoms with van der Waals surface area (Å²) in [6.07, 6.45) is -0.576. The van der Waals surface area contributed by atoms with E-state index in [1.807, 2.05) is 13.0 Å².